The van der Waals surface area contributed by atoms with E-state index in [1.807, 2.05) is 45.2 Å². The average Bonchev–Trinajstić information content (AvgIpc) is 2.44. The SMILES string of the molecule is CCNc1cc(Oc2cc(C)c(Br)c(C)c2)nc(SC)n1. The van der Waals surface area contributed by atoms with Crippen molar-refractivity contribution >= 4 is 33.5 Å². The van der Waals surface area contributed by atoms with Crippen LogP contribution in [0.5, 0.6) is 11.6 Å². The van der Waals surface area contributed by atoms with Crippen molar-refractivity contribution in [1.82, 2.24) is 9.97 Å². The van der Waals surface area contributed by atoms with Gasteiger partial charge in [0.25, 0.3) is 0 Å². The van der Waals surface area contributed by atoms with Crippen molar-refractivity contribution in [1.29, 1.82) is 0 Å². The zero-order valence-electron chi connectivity index (χ0n) is 12.5. The van der Waals surface area contributed by atoms with Crippen LogP contribution in [-0.4, -0.2) is 22.8 Å². The van der Waals surface area contributed by atoms with Crippen LogP contribution in [0.1, 0.15) is 18.1 Å². The van der Waals surface area contributed by atoms with E-state index >= 15 is 0 Å². The number of benzene rings is 1. The molecular formula is C15H18BrN3OS. The Morgan fingerprint density at radius 3 is 2.43 bits per heavy atom. The predicted molar refractivity (Wildman–Crippen MR) is 91.7 cm³/mol. The summed E-state index contributed by atoms with van der Waals surface area (Å²) in [5, 5.41) is 3.88. The number of thioether (sulfide) groups is 1. The van der Waals surface area contributed by atoms with Gasteiger partial charge in [0.05, 0.1) is 0 Å². The summed E-state index contributed by atoms with van der Waals surface area (Å²) in [6.07, 6.45) is 1.95. The van der Waals surface area contributed by atoms with Crippen LogP contribution < -0.4 is 10.1 Å². The van der Waals surface area contributed by atoms with Gasteiger partial charge in [-0.25, -0.2) is 4.98 Å². The van der Waals surface area contributed by atoms with Gasteiger partial charge in [-0.1, -0.05) is 27.7 Å². The monoisotopic (exact) mass is 367 g/mol. The highest BCUT2D eigenvalue weighted by molar-refractivity contribution is 9.10. The normalized spacial score (nSPS) is 10.5. The van der Waals surface area contributed by atoms with Crippen LogP contribution >= 0.6 is 27.7 Å². The molecule has 0 fully saturated rings. The van der Waals surface area contributed by atoms with Gasteiger partial charge in [-0.2, -0.15) is 4.98 Å². The van der Waals surface area contributed by atoms with Crippen LogP contribution in [0.3, 0.4) is 0 Å². The Bertz CT molecular complexity index is 626. The van der Waals surface area contributed by atoms with Crippen molar-refractivity contribution in [3.05, 3.63) is 33.8 Å². The molecule has 0 aliphatic heterocycles. The molecule has 0 aliphatic rings. The molecule has 1 heterocycles. The molecule has 0 bridgehead atoms. The molecule has 0 aliphatic carbocycles. The molecule has 1 aromatic carbocycles. The quantitative estimate of drug-likeness (QED) is 0.607. The second-order valence-corrected chi connectivity index (χ2v) is 6.15. The molecule has 2 rings (SSSR count). The zero-order valence-corrected chi connectivity index (χ0v) is 14.9. The van der Waals surface area contributed by atoms with E-state index in [-0.39, 0.29) is 0 Å². The fourth-order valence-corrected chi connectivity index (χ4v) is 2.50. The highest BCUT2D eigenvalue weighted by Crippen LogP contribution is 2.30. The molecule has 6 heteroatoms. The number of aryl methyl sites for hydroxylation is 2. The van der Waals surface area contributed by atoms with Crippen molar-refractivity contribution < 1.29 is 4.74 Å². The molecule has 0 saturated carbocycles. The lowest BCUT2D eigenvalue weighted by Gasteiger charge is -2.11. The summed E-state index contributed by atoms with van der Waals surface area (Å²) in [6.45, 7) is 6.92. The molecule has 1 aromatic heterocycles. The van der Waals surface area contributed by atoms with E-state index < -0.39 is 0 Å². The van der Waals surface area contributed by atoms with Crippen molar-refractivity contribution in [2.75, 3.05) is 18.1 Å². The topological polar surface area (TPSA) is 47.0 Å². The van der Waals surface area contributed by atoms with E-state index in [0.717, 1.165) is 33.7 Å². The second kappa shape index (κ2) is 7.13. The molecule has 2 aromatic rings. The Balaban J connectivity index is 2.32. The summed E-state index contributed by atoms with van der Waals surface area (Å²) >= 11 is 5.05. The number of anilines is 1. The minimum Gasteiger partial charge on any atom is -0.439 e. The first kappa shape index (κ1) is 16.1. The summed E-state index contributed by atoms with van der Waals surface area (Å²) in [6, 6.07) is 5.80. The lowest BCUT2D eigenvalue weighted by Crippen LogP contribution is -2.02. The number of hydrogen-bond acceptors (Lipinski definition) is 5. The lowest BCUT2D eigenvalue weighted by molar-refractivity contribution is 0.455. The summed E-state index contributed by atoms with van der Waals surface area (Å²) in [4.78, 5) is 8.77. The fraction of sp³-hybridized carbons (Fsp3) is 0.333. The van der Waals surface area contributed by atoms with Crippen molar-refractivity contribution in [2.24, 2.45) is 0 Å². The molecule has 4 nitrogen and oxygen atoms in total. The summed E-state index contributed by atoms with van der Waals surface area (Å²) in [5.74, 6) is 2.10. The summed E-state index contributed by atoms with van der Waals surface area (Å²) < 4.78 is 7.01. The summed E-state index contributed by atoms with van der Waals surface area (Å²) in [7, 11) is 0. The van der Waals surface area contributed by atoms with Gasteiger partial charge in [0.2, 0.25) is 5.88 Å². The van der Waals surface area contributed by atoms with E-state index in [0.29, 0.717) is 11.0 Å². The molecule has 0 atom stereocenters. The average molecular weight is 368 g/mol. The smallest absolute Gasteiger partial charge is 0.225 e. The molecule has 0 amide bonds. The Kier molecular flexibility index (Phi) is 5.47. The first-order valence-electron chi connectivity index (χ1n) is 6.65. The molecule has 1 N–H and O–H groups in total. The number of ether oxygens (including phenoxy) is 1. The molecule has 112 valence electrons. The fourth-order valence-electron chi connectivity index (χ4n) is 1.90. The maximum atomic E-state index is 5.90. The summed E-state index contributed by atoms with van der Waals surface area (Å²) in [5.41, 5.74) is 2.27. The minimum atomic E-state index is 0.548. The van der Waals surface area contributed by atoms with E-state index in [2.05, 4.69) is 31.2 Å². The molecule has 21 heavy (non-hydrogen) atoms. The van der Waals surface area contributed by atoms with Crippen LogP contribution in [-0.2, 0) is 0 Å². The van der Waals surface area contributed by atoms with E-state index in [9.17, 15) is 0 Å². The van der Waals surface area contributed by atoms with Crippen LogP contribution in [0.2, 0.25) is 0 Å². The highest BCUT2D eigenvalue weighted by atomic mass is 79.9. The third kappa shape index (κ3) is 4.11. The van der Waals surface area contributed by atoms with Gasteiger partial charge in [0.15, 0.2) is 5.16 Å². The zero-order chi connectivity index (χ0) is 15.4. The lowest BCUT2D eigenvalue weighted by atomic mass is 10.1. The predicted octanol–water partition coefficient (Wildman–Crippen LogP) is 4.80. The van der Waals surface area contributed by atoms with Gasteiger partial charge in [-0.05, 0) is 50.3 Å². The van der Waals surface area contributed by atoms with Gasteiger partial charge in [0, 0.05) is 17.1 Å². The second-order valence-electron chi connectivity index (χ2n) is 4.58. The van der Waals surface area contributed by atoms with Gasteiger partial charge >= 0.3 is 0 Å². The number of nitrogens with one attached hydrogen (secondary N) is 1. The van der Waals surface area contributed by atoms with Crippen LogP contribution in [0, 0.1) is 13.8 Å². The first-order chi connectivity index (χ1) is 10.0. The van der Waals surface area contributed by atoms with E-state index in [4.69, 9.17) is 4.74 Å². The van der Waals surface area contributed by atoms with E-state index in [1.165, 1.54) is 11.8 Å². The Labute approximate surface area is 137 Å². The minimum absolute atomic E-state index is 0.548. The van der Waals surface area contributed by atoms with Crippen LogP contribution in [0.4, 0.5) is 5.82 Å². The molecule has 0 spiro atoms. The maximum Gasteiger partial charge on any atom is 0.225 e. The number of halogens is 1. The Hall–Kier alpha value is -1.27. The number of hydrogen-bond donors (Lipinski definition) is 1. The molecule has 0 saturated heterocycles. The Morgan fingerprint density at radius 2 is 1.86 bits per heavy atom. The van der Waals surface area contributed by atoms with Gasteiger partial charge in [-0.15, -0.1) is 0 Å². The highest BCUT2D eigenvalue weighted by Gasteiger charge is 2.08. The molecule has 0 unspecified atom stereocenters. The number of aromatic nitrogens is 2. The van der Waals surface area contributed by atoms with Crippen molar-refractivity contribution in [3.8, 4) is 11.6 Å². The van der Waals surface area contributed by atoms with Crippen molar-refractivity contribution in [3.63, 3.8) is 0 Å². The van der Waals surface area contributed by atoms with E-state index in [1.54, 1.807) is 0 Å². The third-order valence-electron chi connectivity index (χ3n) is 2.85. The largest absolute Gasteiger partial charge is 0.439 e. The van der Waals surface area contributed by atoms with Gasteiger partial charge in [-0.3, -0.25) is 0 Å². The van der Waals surface area contributed by atoms with Gasteiger partial charge in [0.1, 0.15) is 11.6 Å². The van der Waals surface area contributed by atoms with Crippen molar-refractivity contribution in [2.45, 2.75) is 25.9 Å². The van der Waals surface area contributed by atoms with Crippen LogP contribution in [0.25, 0.3) is 0 Å². The number of nitrogens with zero attached hydrogens (tertiary/aromatic N) is 2. The standard InChI is InChI=1S/C15H18BrN3OS/c1-5-17-12-8-13(19-15(18-12)21-4)20-11-6-9(2)14(16)10(3)7-11/h6-8H,5H2,1-4H3,(H,17,18,19). The first-order valence-corrected chi connectivity index (χ1v) is 8.66. The molecule has 0 radical (unpaired) electrons. The maximum absolute atomic E-state index is 5.90. The number of rotatable bonds is 5. The Morgan fingerprint density at radius 1 is 1.19 bits per heavy atom. The third-order valence-corrected chi connectivity index (χ3v) is 4.65. The molecular weight excluding hydrogens is 350 g/mol. The van der Waals surface area contributed by atoms with Gasteiger partial charge < -0.3 is 10.1 Å². The van der Waals surface area contributed by atoms with Crippen LogP contribution in [0.15, 0.2) is 27.8 Å².